The van der Waals surface area contributed by atoms with Crippen molar-refractivity contribution in [2.24, 2.45) is 5.73 Å². The number of hydrogen-bond acceptors (Lipinski definition) is 2. The molecule has 20 heavy (non-hydrogen) atoms. The molecule has 0 radical (unpaired) electrons. The lowest BCUT2D eigenvalue weighted by atomic mass is 9.99. The molecule has 0 spiro atoms. The molecule has 0 heterocycles. The Balaban J connectivity index is 2.32. The zero-order chi connectivity index (χ0) is 14.5. The molecule has 4 heteroatoms. The monoisotopic (exact) mass is 353 g/mol. The molecular weight excluding hydrogens is 338 g/mol. The largest absolute Gasteiger partial charge is 0.493 e. The number of rotatable bonds is 5. The Labute approximate surface area is 133 Å². The molecule has 2 aromatic rings. The lowest BCUT2D eigenvalue weighted by Gasteiger charge is -2.17. The summed E-state index contributed by atoms with van der Waals surface area (Å²) in [7, 11) is 0. The molecule has 1 atom stereocenters. The van der Waals surface area contributed by atoms with Gasteiger partial charge in [-0.15, -0.1) is 0 Å². The second-order valence-electron chi connectivity index (χ2n) is 4.54. The van der Waals surface area contributed by atoms with Crippen LogP contribution >= 0.6 is 27.5 Å². The van der Waals surface area contributed by atoms with E-state index >= 15 is 0 Å². The van der Waals surface area contributed by atoms with Crippen LogP contribution in [-0.2, 0) is 0 Å². The molecule has 0 saturated carbocycles. The van der Waals surface area contributed by atoms with E-state index in [-0.39, 0.29) is 6.04 Å². The lowest BCUT2D eigenvalue weighted by Crippen LogP contribution is -2.13. The Kier molecular flexibility index (Phi) is 5.46. The van der Waals surface area contributed by atoms with Crippen molar-refractivity contribution in [1.29, 1.82) is 0 Å². The Morgan fingerprint density at radius 2 is 2.00 bits per heavy atom. The molecule has 0 fully saturated rings. The number of ether oxygens (including phenoxy) is 1. The van der Waals surface area contributed by atoms with Crippen LogP contribution < -0.4 is 10.5 Å². The number of benzene rings is 2. The van der Waals surface area contributed by atoms with Crippen LogP contribution in [0.5, 0.6) is 5.75 Å². The van der Waals surface area contributed by atoms with Crippen molar-refractivity contribution in [2.45, 2.75) is 19.4 Å². The molecule has 2 N–H and O–H groups in total. The highest BCUT2D eigenvalue weighted by Gasteiger charge is 2.14. The Morgan fingerprint density at radius 3 is 2.70 bits per heavy atom. The molecule has 0 saturated heterocycles. The molecular formula is C16H17BrClNO. The Hall–Kier alpha value is -1.03. The Morgan fingerprint density at radius 1 is 1.25 bits per heavy atom. The minimum absolute atomic E-state index is 0.239. The topological polar surface area (TPSA) is 35.2 Å². The van der Waals surface area contributed by atoms with E-state index < -0.39 is 0 Å². The molecule has 2 nitrogen and oxygen atoms in total. The minimum Gasteiger partial charge on any atom is -0.493 e. The van der Waals surface area contributed by atoms with Gasteiger partial charge in [-0.1, -0.05) is 42.8 Å². The number of para-hydroxylation sites is 1. The molecule has 0 aliphatic carbocycles. The lowest BCUT2D eigenvalue weighted by molar-refractivity contribution is 0.313. The maximum atomic E-state index is 6.36. The van der Waals surface area contributed by atoms with Crippen LogP contribution in [0.25, 0.3) is 0 Å². The van der Waals surface area contributed by atoms with Crippen molar-refractivity contribution in [2.75, 3.05) is 6.61 Å². The van der Waals surface area contributed by atoms with Crippen molar-refractivity contribution in [3.05, 3.63) is 63.1 Å². The van der Waals surface area contributed by atoms with Crippen LogP contribution in [0.2, 0.25) is 5.02 Å². The van der Waals surface area contributed by atoms with Crippen LogP contribution in [0.3, 0.4) is 0 Å². The molecule has 0 aliphatic heterocycles. The third-order valence-corrected chi connectivity index (χ3v) is 4.23. The van der Waals surface area contributed by atoms with Gasteiger partial charge in [-0.3, -0.25) is 0 Å². The van der Waals surface area contributed by atoms with Crippen LogP contribution in [-0.4, -0.2) is 6.61 Å². The van der Waals surface area contributed by atoms with Crippen LogP contribution in [0, 0.1) is 0 Å². The van der Waals surface area contributed by atoms with E-state index in [4.69, 9.17) is 22.1 Å². The molecule has 2 aromatic carbocycles. The zero-order valence-electron chi connectivity index (χ0n) is 11.3. The number of hydrogen-bond donors (Lipinski definition) is 1. The highest BCUT2D eigenvalue weighted by molar-refractivity contribution is 9.10. The molecule has 1 unspecified atom stereocenters. The molecule has 2 rings (SSSR count). The SMILES string of the molecule is CCCOc1ccccc1C(N)c1ccc(Cl)c(Br)c1. The first-order valence-electron chi connectivity index (χ1n) is 6.55. The second-order valence-corrected chi connectivity index (χ2v) is 5.80. The van der Waals surface area contributed by atoms with E-state index in [0.29, 0.717) is 11.6 Å². The summed E-state index contributed by atoms with van der Waals surface area (Å²) in [5.41, 5.74) is 8.34. The van der Waals surface area contributed by atoms with Gasteiger partial charge in [0.25, 0.3) is 0 Å². The average molecular weight is 355 g/mol. The first-order valence-corrected chi connectivity index (χ1v) is 7.72. The van der Waals surface area contributed by atoms with Gasteiger partial charge in [0.05, 0.1) is 17.7 Å². The van der Waals surface area contributed by atoms with Gasteiger partial charge in [-0.2, -0.15) is 0 Å². The summed E-state index contributed by atoms with van der Waals surface area (Å²) in [4.78, 5) is 0. The summed E-state index contributed by atoms with van der Waals surface area (Å²) in [6, 6.07) is 13.4. The van der Waals surface area contributed by atoms with Gasteiger partial charge in [0.1, 0.15) is 5.75 Å². The van der Waals surface area contributed by atoms with E-state index in [1.165, 1.54) is 0 Å². The summed E-state index contributed by atoms with van der Waals surface area (Å²) in [6.07, 6.45) is 0.968. The molecule has 0 aliphatic rings. The summed E-state index contributed by atoms with van der Waals surface area (Å²) >= 11 is 9.45. The van der Waals surface area contributed by atoms with Crippen molar-refractivity contribution in [3.8, 4) is 5.75 Å². The van der Waals surface area contributed by atoms with E-state index in [9.17, 15) is 0 Å². The predicted molar refractivity (Wildman–Crippen MR) is 87.4 cm³/mol. The molecule has 0 aromatic heterocycles. The molecule has 0 amide bonds. The van der Waals surface area contributed by atoms with Crippen molar-refractivity contribution >= 4 is 27.5 Å². The van der Waals surface area contributed by atoms with Gasteiger partial charge >= 0.3 is 0 Å². The van der Waals surface area contributed by atoms with Gasteiger partial charge in [-0.25, -0.2) is 0 Å². The van der Waals surface area contributed by atoms with Gasteiger partial charge in [-0.05, 0) is 46.1 Å². The maximum Gasteiger partial charge on any atom is 0.124 e. The third-order valence-electron chi connectivity index (χ3n) is 3.02. The van der Waals surface area contributed by atoms with Crippen molar-refractivity contribution in [3.63, 3.8) is 0 Å². The summed E-state index contributed by atoms with van der Waals surface area (Å²) in [5.74, 6) is 0.841. The fourth-order valence-corrected chi connectivity index (χ4v) is 2.48. The first-order chi connectivity index (χ1) is 9.63. The smallest absolute Gasteiger partial charge is 0.124 e. The minimum atomic E-state index is -0.239. The highest BCUT2D eigenvalue weighted by Crippen LogP contribution is 2.31. The summed E-state index contributed by atoms with van der Waals surface area (Å²) < 4.78 is 6.61. The Bertz CT molecular complexity index is 588. The maximum absolute atomic E-state index is 6.36. The summed E-state index contributed by atoms with van der Waals surface area (Å²) in [6.45, 7) is 2.77. The molecule has 0 bridgehead atoms. The summed E-state index contributed by atoms with van der Waals surface area (Å²) in [5, 5.41) is 0.677. The standard InChI is InChI=1S/C16H17BrClNO/c1-2-9-20-15-6-4-3-5-12(15)16(19)11-7-8-14(18)13(17)10-11/h3-8,10,16H,2,9,19H2,1H3. The van der Waals surface area contributed by atoms with Crippen LogP contribution in [0.1, 0.15) is 30.5 Å². The van der Waals surface area contributed by atoms with Gasteiger partial charge in [0, 0.05) is 10.0 Å². The van der Waals surface area contributed by atoms with E-state index in [2.05, 4.69) is 22.9 Å². The third kappa shape index (κ3) is 3.54. The first kappa shape index (κ1) is 15.4. The molecule has 106 valence electrons. The second kappa shape index (κ2) is 7.11. The quantitative estimate of drug-likeness (QED) is 0.825. The fraction of sp³-hybridized carbons (Fsp3) is 0.250. The fourth-order valence-electron chi connectivity index (χ4n) is 1.97. The highest BCUT2D eigenvalue weighted by atomic mass is 79.9. The number of halogens is 2. The van der Waals surface area contributed by atoms with Crippen molar-refractivity contribution in [1.82, 2.24) is 0 Å². The normalized spacial score (nSPS) is 12.2. The average Bonchev–Trinajstić information content (AvgIpc) is 2.47. The van der Waals surface area contributed by atoms with E-state index in [1.54, 1.807) is 0 Å². The van der Waals surface area contributed by atoms with Crippen LogP contribution in [0.4, 0.5) is 0 Å². The van der Waals surface area contributed by atoms with Gasteiger partial charge < -0.3 is 10.5 Å². The van der Waals surface area contributed by atoms with Crippen LogP contribution in [0.15, 0.2) is 46.9 Å². The predicted octanol–water partition coefficient (Wildman–Crippen LogP) is 4.94. The zero-order valence-corrected chi connectivity index (χ0v) is 13.6. The van der Waals surface area contributed by atoms with E-state index in [0.717, 1.165) is 27.8 Å². The van der Waals surface area contributed by atoms with E-state index in [1.807, 2.05) is 42.5 Å². The van der Waals surface area contributed by atoms with Gasteiger partial charge in [0.15, 0.2) is 0 Å². The van der Waals surface area contributed by atoms with Crippen molar-refractivity contribution < 1.29 is 4.74 Å². The number of nitrogens with two attached hydrogens (primary N) is 1. The van der Waals surface area contributed by atoms with Gasteiger partial charge in [0.2, 0.25) is 0 Å².